The summed E-state index contributed by atoms with van der Waals surface area (Å²) in [7, 11) is 1.53. The van der Waals surface area contributed by atoms with Gasteiger partial charge in [-0.05, 0) is 37.6 Å². The van der Waals surface area contributed by atoms with Crippen LogP contribution in [0, 0.1) is 11.3 Å². The van der Waals surface area contributed by atoms with Crippen LogP contribution in [-0.2, 0) is 4.79 Å². The Morgan fingerprint density at radius 1 is 1.33 bits per heavy atom. The highest BCUT2D eigenvalue weighted by molar-refractivity contribution is 5.91. The number of carbonyl (C=O) groups excluding carboxylic acids is 1. The van der Waals surface area contributed by atoms with E-state index in [-0.39, 0.29) is 12.5 Å². The van der Waals surface area contributed by atoms with Crippen molar-refractivity contribution in [3.8, 4) is 17.6 Å². The van der Waals surface area contributed by atoms with Gasteiger partial charge in [0.2, 0.25) is 5.91 Å². The molecule has 0 atom stereocenters. The third-order valence-corrected chi connectivity index (χ3v) is 2.97. The lowest BCUT2D eigenvalue weighted by Crippen LogP contribution is -2.28. The minimum atomic E-state index is -0.0357. The Labute approximate surface area is 125 Å². The summed E-state index contributed by atoms with van der Waals surface area (Å²) in [5.41, 5.74) is 0.830. The normalized spacial score (nSPS) is 10.2. The van der Waals surface area contributed by atoms with E-state index in [2.05, 4.69) is 0 Å². The Morgan fingerprint density at radius 3 is 2.62 bits per heavy atom. The molecule has 0 heterocycles. The molecule has 0 radical (unpaired) electrons. The summed E-state index contributed by atoms with van der Waals surface area (Å²) in [6, 6.07) is 7.19. The molecule has 0 aromatic heterocycles. The van der Waals surface area contributed by atoms with Crippen molar-refractivity contribution in [1.82, 2.24) is 4.90 Å². The number of carbonyl (C=O) groups is 1. The maximum Gasteiger partial charge on any atom is 0.246 e. The van der Waals surface area contributed by atoms with E-state index in [9.17, 15) is 4.79 Å². The highest BCUT2D eigenvalue weighted by Crippen LogP contribution is 2.28. The van der Waals surface area contributed by atoms with Crippen LogP contribution >= 0.6 is 0 Å². The predicted molar refractivity (Wildman–Crippen MR) is 81.1 cm³/mol. The Morgan fingerprint density at radius 2 is 2.05 bits per heavy atom. The van der Waals surface area contributed by atoms with E-state index in [0.29, 0.717) is 24.6 Å². The van der Waals surface area contributed by atoms with Gasteiger partial charge in [-0.3, -0.25) is 4.79 Å². The van der Waals surface area contributed by atoms with Gasteiger partial charge in [0.25, 0.3) is 0 Å². The molecule has 21 heavy (non-hydrogen) atoms. The van der Waals surface area contributed by atoms with E-state index in [4.69, 9.17) is 14.7 Å². The van der Waals surface area contributed by atoms with Crippen molar-refractivity contribution >= 4 is 12.0 Å². The zero-order chi connectivity index (χ0) is 15.7. The van der Waals surface area contributed by atoms with Gasteiger partial charge in [0.05, 0.1) is 7.11 Å². The molecule has 1 rings (SSSR count). The number of methoxy groups -OCH3 is 1. The van der Waals surface area contributed by atoms with Gasteiger partial charge in [-0.25, -0.2) is 0 Å². The first-order chi connectivity index (χ1) is 10.2. The van der Waals surface area contributed by atoms with Crippen LogP contribution in [0.3, 0.4) is 0 Å². The standard InChI is InChI=1S/C16H20N2O3/c1-4-18(5-2)16(19)9-7-13-6-8-14(21-11-10-17)15(12-13)20-3/h6-9,12H,4-5,11H2,1-3H3. The van der Waals surface area contributed by atoms with Crippen LogP contribution in [0.1, 0.15) is 19.4 Å². The third-order valence-electron chi connectivity index (χ3n) is 2.97. The SMILES string of the molecule is CCN(CC)C(=O)C=Cc1ccc(OCC#N)c(OC)c1. The fourth-order valence-electron chi connectivity index (χ4n) is 1.83. The number of benzene rings is 1. The van der Waals surface area contributed by atoms with Crippen molar-refractivity contribution < 1.29 is 14.3 Å². The second-order valence-electron chi connectivity index (χ2n) is 4.20. The van der Waals surface area contributed by atoms with Gasteiger partial charge in [0, 0.05) is 19.2 Å². The number of hydrogen-bond acceptors (Lipinski definition) is 4. The molecule has 0 saturated carbocycles. The minimum Gasteiger partial charge on any atom is -0.493 e. The molecule has 0 spiro atoms. The summed E-state index contributed by atoms with van der Waals surface area (Å²) in [5, 5.41) is 8.52. The molecule has 0 unspecified atom stereocenters. The number of likely N-dealkylation sites (N-methyl/N-ethyl adjacent to an activating group) is 1. The molecule has 0 aliphatic heterocycles. The largest absolute Gasteiger partial charge is 0.493 e. The van der Waals surface area contributed by atoms with Crippen molar-refractivity contribution in [3.05, 3.63) is 29.8 Å². The number of rotatable bonds is 7. The molecule has 5 nitrogen and oxygen atoms in total. The van der Waals surface area contributed by atoms with Gasteiger partial charge >= 0.3 is 0 Å². The maximum atomic E-state index is 11.9. The van der Waals surface area contributed by atoms with Gasteiger partial charge in [0.15, 0.2) is 18.1 Å². The summed E-state index contributed by atoms with van der Waals surface area (Å²) in [6.45, 7) is 5.22. The molecule has 0 saturated heterocycles. The summed E-state index contributed by atoms with van der Waals surface area (Å²) in [4.78, 5) is 13.6. The van der Waals surface area contributed by atoms with Crippen LogP contribution in [0.5, 0.6) is 11.5 Å². The number of ether oxygens (including phenoxy) is 2. The van der Waals surface area contributed by atoms with Crippen molar-refractivity contribution in [1.29, 1.82) is 5.26 Å². The first kappa shape index (κ1) is 16.6. The van der Waals surface area contributed by atoms with E-state index in [1.165, 1.54) is 13.2 Å². The average molecular weight is 288 g/mol. The zero-order valence-corrected chi connectivity index (χ0v) is 12.6. The summed E-state index contributed by atoms with van der Waals surface area (Å²) < 4.78 is 10.5. The molecule has 0 aliphatic rings. The fraction of sp³-hybridized carbons (Fsp3) is 0.375. The van der Waals surface area contributed by atoms with Crippen LogP contribution in [0.4, 0.5) is 0 Å². The first-order valence-corrected chi connectivity index (χ1v) is 6.81. The monoisotopic (exact) mass is 288 g/mol. The van der Waals surface area contributed by atoms with E-state index < -0.39 is 0 Å². The molecule has 1 aromatic rings. The third kappa shape index (κ3) is 4.84. The van der Waals surface area contributed by atoms with Crippen molar-refractivity contribution in [2.24, 2.45) is 0 Å². The van der Waals surface area contributed by atoms with Crippen LogP contribution in [0.25, 0.3) is 6.08 Å². The molecular weight excluding hydrogens is 268 g/mol. The second kappa shape index (κ2) is 8.64. The van der Waals surface area contributed by atoms with Crippen molar-refractivity contribution in [3.63, 3.8) is 0 Å². The van der Waals surface area contributed by atoms with Gasteiger partial charge in [-0.1, -0.05) is 6.07 Å². The topological polar surface area (TPSA) is 62.6 Å². The molecular formula is C16H20N2O3. The van der Waals surface area contributed by atoms with Crippen LogP contribution in [-0.4, -0.2) is 37.6 Å². The van der Waals surface area contributed by atoms with Crippen LogP contribution in [0.15, 0.2) is 24.3 Å². The van der Waals surface area contributed by atoms with Gasteiger partial charge in [-0.2, -0.15) is 5.26 Å². The van der Waals surface area contributed by atoms with E-state index in [1.807, 2.05) is 19.9 Å². The first-order valence-electron chi connectivity index (χ1n) is 6.81. The Balaban J connectivity index is 2.85. The Kier molecular flexibility index (Phi) is 6.82. The molecule has 0 aliphatic carbocycles. The van der Waals surface area contributed by atoms with E-state index in [0.717, 1.165) is 5.56 Å². The van der Waals surface area contributed by atoms with Gasteiger partial charge < -0.3 is 14.4 Å². The van der Waals surface area contributed by atoms with Crippen molar-refractivity contribution in [2.75, 3.05) is 26.8 Å². The summed E-state index contributed by atoms with van der Waals surface area (Å²) >= 11 is 0. The van der Waals surface area contributed by atoms with Gasteiger partial charge in [-0.15, -0.1) is 0 Å². The Bertz CT molecular complexity index is 543. The van der Waals surface area contributed by atoms with Crippen LogP contribution in [0.2, 0.25) is 0 Å². The highest BCUT2D eigenvalue weighted by atomic mass is 16.5. The van der Waals surface area contributed by atoms with E-state index >= 15 is 0 Å². The lowest BCUT2D eigenvalue weighted by atomic mass is 10.2. The molecule has 0 fully saturated rings. The van der Waals surface area contributed by atoms with Crippen molar-refractivity contribution in [2.45, 2.75) is 13.8 Å². The highest BCUT2D eigenvalue weighted by Gasteiger charge is 2.07. The predicted octanol–water partition coefficient (Wildman–Crippen LogP) is 2.48. The van der Waals surface area contributed by atoms with Crippen LogP contribution < -0.4 is 9.47 Å². The molecule has 5 heteroatoms. The molecule has 0 N–H and O–H groups in total. The smallest absolute Gasteiger partial charge is 0.246 e. The average Bonchev–Trinajstić information content (AvgIpc) is 2.52. The summed E-state index contributed by atoms with van der Waals surface area (Å²) in [5.74, 6) is 1.01. The Hall–Kier alpha value is -2.48. The molecule has 112 valence electrons. The zero-order valence-electron chi connectivity index (χ0n) is 12.6. The maximum absolute atomic E-state index is 11.9. The molecule has 0 bridgehead atoms. The van der Waals surface area contributed by atoms with Gasteiger partial charge in [0.1, 0.15) is 6.07 Å². The minimum absolute atomic E-state index is 0.0243. The number of nitriles is 1. The lowest BCUT2D eigenvalue weighted by Gasteiger charge is -2.15. The molecule has 1 amide bonds. The number of hydrogen-bond donors (Lipinski definition) is 0. The lowest BCUT2D eigenvalue weighted by molar-refractivity contribution is -0.125. The quantitative estimate of drug-likeness (QED) is 0.723. The molecule has 1 aromatic carbocycles. The van der Waals surface area contributed by atoms with E-state index in [1.54, 1.807) is 29.2 Å². The number of nitrogens with zero attached hydrogens (tertiary/aromatic N) is 2. The number of amides is 1. The summed E-state index contributed by atoms with van der Waals surface area (Å²) in [6.07, 6.45) is 3.27. The second-order valence-corrected chi connectivity index (χ2v) is 4.20. The fourth-order valence-corrected chi connectivity index (χ4v) is 1.83.